The molecule has 6 heteroatoms. The van der Waals surface area contributed by atoms with Gasteiger partial charge in [0.15, 0.2) is 6.29 Å². The Morgan fingerprint density at radius 3 is 3.08 bits per heavy atom. The minimum atomic E-state index is -0.301. The van der Waals surface area contributed by atoms with Gasteiger partial charge in [-0.2, -0.15) is 0 Å². The van der Waals surface area contributed by atoms with E-state index in [2.05, 4.69) is 10.3 Å². The number of hydrogen-bond acceptors (Lipinski definition) is 5. The highest BCUT2D eigenvalue weighted by Gasteiger charge is 2.27. The van der Waals surface area contributed by atoms with Crippen molar-refractivity contribution >= 4 is 33.5 Å². The van der Waals surface area contributed by atoms with E-state index in [9.17, 15) is 9.18 Å². The summed E-state index contributed by atoms with van der Waals surface area (Å²) in [6, 6.07) is 6.70. The second kappa shape index (κ2) is 5.87. The summed E-state index contributed by atoms with van der Waals surface area (Å²) in [5, 5.41) is 4.40. The van der Waals surface area contributed by atoms with Gasteiger partial charge >= 0.3 is 0 Å². The third-order valence-electron chi connectivity index (χ3n) is 4.37. The SMILES string of the molecule is COc1cc(F)cc2c1CC[C@H]2Nc1nccc2cc(C=O)sc12. The molecule has 0 amide bonds. The van der Waals surface area contributed by atoms with Crippen molar-refractivity contribution in [3.63, 3.8) is 0 Å². The number of nitrogens with one attached hydrogen (secondary N) is 1. The first-order valence-electron chi connectivity index (χ1n) is 7.66. The zero-order valence-electron chi connectivity index (χ0n) is 13.0. The number of nitrogens with zero attached hydrogens (tertiary/aromatic N) is 1. The Hall–Kier alpha value is -2.47. The number of hydrogen-bond donors (Lipinski definition) is 1. The lowest BCUT2D eigenvalue weighted by Gasteiger charge is -2.16. The summed E-state index contributed by atoms with van der Waals surface area (Å²) in [6.07, 6.45) is 4.24. The molecule has 2 aromatic heterocycles. The number of aromatic nitrogens is 1. The molecule has 0 radical (unpaired) electrons. The maximum Gasteiger partial charge on any atom is 0.160 e. The summed E-state index contributed by atoms with van der Waals surface area (Å²) >= 11 is 1.41. The van der Waals surface area contributed by atoms with Crippen molar-refractivity contribution in [2.45, 2.75) is 18.9 Å². The number of methoxy groups -OCH3 is 1. The highest BCUT2D eigenvalue weighted by atomic mass is 32.1. The Labute approximate surface area is 142 Å². The zero-order valence-corrected chi connectivity index (χ0v) is 13.8. The van der Waals surface area contributed by atoms with E-state index < -0.39 is 0 Å². The third kappa shape index (κ3) is 2.43. The minimum absolute atomic E-state index is 0.0236. The first-order valence-corrected chi connectivity index (χ1v) is 8.48. The number of carbonyl (C=O) groups excluding carboxylic acids is 1. The molecule has 122 valence electrons. The molecular formula is C18H15FN2O2S. The van der Waals surface area contributed by atoms with Gasteiger partial charge in [-0.3, -0.25) is 4.79 Å². The number of anilines is 1. The highest BCUT2D eigenvalue weighted by Crippen LogP contribution is 2.40. The van der Waals surface area contributed by atoms with Crippen LogP contribution in [0.4, 0.5) is 10.2 Å². The first-order chi connectivity index (χ1) is 11.7. The summed E-state index contributed by atoms with van der Waals surface area (Å²) in [5.41, 5.74) is 1.96. The standard InChI is InChI=1S/C18H15FN2O2S/c1-23-16-8-11(19)7-14-13(16)2-3-15(14)21-18-17-10(4-5-20-18)6-12(9-22)24-17/h4-9,15H,2-3H2,1H3,(H,20,21)/t15-/m1/s1. The molecule has 1 N–H and O–H groups in total. The third-order valence-corrected chi connectivity index (χ3v) is 5.45. The van der Waals surface area contributed by atoms with Crippen LogP contribution in [-0.2, 0) is 6.42 Å². The summed E-state index contributed by atoms with van der Waals surface area (Å²) < 4.78 is 20.1. The Kier molecular flexibility index (Phi) is 3.69. The van der Waals surface area contributed by atoms with Crippen molar-refractivity contribution in [3.05, 3.63) is 52.3 Å². The van der Waals surface area contributed by atoms with Crippen LogP contribution in [0.2, 0.25) is 0 Å². The van der Waals surface area contributed by atoms with Crippen LogP contribution in [0.25, 0.3) is 10.1 Å². The zero-order chi connectivity index (χ0) is 16.7. The van der Waals surface area contributed by atoms with Crippen molar-refractivity contribution in [3.8, 4) is 5.75 Å². The number of halogens is 1. The summed E-state index contributed by atoms with van der Waals surface area (Å²) in [7, 11) is 1.56. The van der Waals surface area contributed by atoms with Crippen molar-refractivity contribution in [1.29, 1.82) is 0 Å². The monoisotopic (exact) mass is 342 g/mol. The predicted octanol–water partition coefficient (Wildman–Crippen LogP) is 4.36. The summed E-state index contributed by atoms with van der Waals surface area (Å²) in [6.45, 7) is 0. The fourth-order valence-electron chi connectivity index (χ4n) is 3.30. The number of aldehydes is 1. The Bertz CT molecular complexity index is 938. The van der Waals surface area contributed by atoms with Crippen LogP contribution in [-0.4, -0.2) is 18.4 Å². The van der Waals surface area contributed by atoms with Gasteiger partial charge < -0.3 is 10.1 Å². The molecule has 0 aliphatic heterocycles. The van der Waals surface area contributed by atoms with Gasteiger partial charge in [-0.05, 0) is 47.6 Å². The fourth-order valence-corrected chi connectivity index (χ4v) is 4.22. The van der Waals surface area contributed by atoms with Crippen LogP contribution < -0.4 is 10.1 Å². The molecule has 3 aromatic rings. The number of fused-ring (bicyclic) bond motifs is 2. The van der Waals surface area contributed by atoms with E-state index in [1.165, 1.54) is 17.4 Å². The second-order valence-corrected chi connectivity index (χ2v) is 6.84. The second-order valence-electron chi connectivity index (χ2n) is 5.76. The number of rotatable bonds is 4. The maximum atomic E-state index is 13.9. The van der Waals surface area contributed by atoms with Gasteiger partial charge in [0, 0.05) is 12.3 Å². The van der Waals surface area contributed by atoms with E-state index in [0.717, 1.165) is 46.2 Å². The molecule has 0 fully saturated rings. The van der Waals surface area contributed by atoms with Crippen LogP contribution >= 0.6 is 11.3 Å². The van der Waals surface area contributed by atoms with Gasteiger partial charge in [0.25, 0.3) is 0 Å². The van der Waals surface area contributed by atoms with Gasteiger partial charge in [-0.15, -0.1) is 11.3 Å². The molecule has 1 aliphatic carbocycles. The first kappa shape index (κ1) is 15.1. The Morgan fingerprint density at radius 2 is 2.29 bits per heavy atom. The van der Waals surface area contributed by atoms with Gasteiger partial charge in [-0.1, -0.05) is 0 Å². The number of carbonyl (C=O) groups is 1. The Morgan fingerprint density at radius 1 is 1.42 bits per heavy atom. The molecular weight excluding hydrogens is 327 g/mol. The van der Waals surface area contributed by atoms with Crippen LogP contribution in [0, 0.1) is 5.82 Å². The quantitative estimate of drug-likeness (QED) is 0.716. The average molecular weight is 342 g/mol. The number of benzene rings is 1. The lowest BCUT2D eigenvalue weighted by atomic mass is 10.1. The molecule has 4 nitrogen and oxygen atoms in total. The lowest BCUT2D eigenvalue weighted by molar-refractivity contribution is 0.112. The molecule has 0 saturated heterocycles. The normalized spacial score (nSPS) is 16.2. The fraction of sp³-hybridized carbons (Fsp3) is 0.222. The molecule has 1 aliphatic rings. The highest BCUT2D eigenvalue weighted by molar-refractivity contribution is 7.21. The lowest BCUT2D eigenvalue weighted by Crippen LogP contribution is -2.08. The molecule has 1 atom stereocenters. The average Bonchev–Trinajstić information content (AvgIpc) is 3.19. The van der Waals surface area contributed by atoms with Gasteiger partial charge in [-0.25, -0.2) is 9.37 Å². The minimum Gasteiger partial charge on any atom is -0.496 e. The van der Waals surface area contributed by atoms with E-state index in [0.29, 0.717) is 10.6 Å². The van der Waals surface area contributed by atoms with E-state index in [4.69, 9.17) is 4.74 Å². The smallest absolute Gasteiger partial charge is 0.160 e. The molecule has 0 bridgehead atoms. The summed E-state index contributed by atoms with van der Waals surface area (Å²) in [5.74, 6) is 1.02. The molecule has 2 heterocycles. The van der Waals surface area contributed by atoms with Crippen molar-refractivity contribution in [2.75, 3.05) is 12.4 Å². The Balaban J connectivity index is 1.73. The van der Waals surface area contributed by atoms with Crippen LogP contribution in [0.1, 0.15) is 33.3 Å². The number of ether oxygens (including phenoxy) is 1. The van der Waals surface area contributed by atoms with Gasteiger partial charge in [0.2, 0.25) is 0 Å². The predicted molar refractivity (Wildman–Crippen MR) is 92.6 cm³/mol. The molecule has 24 heavy (non-hydrogen) atoms. The van der Waals surface area contributed by atoms with Crippen molar-refractivity contribution < 1.29 is 13.9 Å². The number of thiophene rings is 1. The van der Waals surface area contributed by atoms with Gasteiger partial charge in [0.1, 0.15) is 17.4 Å². The van der Waals surface area contributed by atoms with Crippen LogP contribution in [0.3, 0.4) is 0 Å². The summed E-state index contributed by atoms with van der Waals surface area (Å²) in [4.78, 5) is 16.1. The largest absolute Gasteiger partial charge is 0.496 e. The maximum absolute atomic E-state index is 13.9. The number of pyridine rings is 1. The molecule has 1 aromatic carbocycles. The van der Waals surface area contributed by atoms with E-state index in [-0.39, 0.29) is 11.9 Å². The topological polar surface area (TPSA) is 51.2 Å². The molecule has 0 saturated carbocycles. The van der Waals surface area contributed by atoms with Gasteiger partial charge in [0.05, 0.1) is 22.7 Å². The van der Waals surface area contributed by atoms with E-state index in [1.54, 1.807) is 19.4 Å². The van der Waals surface area contributed by atoms with E-state index >= 15 is 0 Å². The molecule has 4 rings (SSSR count). The van der Waals surface area contributed by atoms with Crippen molar-refractivity contribution in [2.24, 2.45) is 0 Å². The van der Waals surface area contributed by atoms with Crippen LogP contribution in [0.15, 0.2) is 30.5 Å². The molecule has 0 spiro atoms. The van der Waals surface area contributed by atoms with Crippen molar-refractivity contribution in [1.82, 2.24) is 4.98 Å². The van der Waals surface area contributed by atoms with Crippen LogP contribution in [0.5, 0.6) is 5.75 Å². The molecule has 0 unspecified atom stereocenters. The van der Waals surface area contributed by atoms with E-state index in [1.807, 2.05) is 12.1 Å².